The van der Waals surface area contributed by atoms with Gasteiger partial charge in [0.15, 0.2) is 0 Å². The molecule has 1 N–H and O–H groups in total. The van der Waals surface area contributed by atoms with Gasteiger partial charge in [-0.3, -0.25) is 0 Å². The summed E-state index contributed by atoms with van der Waals surface area (Å²) in [4.78, 5) is 0. The van der Waals surface area contributed by atoms with Gasteiger partial charge in [-0.2, -0.15) is 0 Å². The van der Waals surface area contributed by atoms with Crippen molar-refractivity contribution in [3.63, 3.8) is 0 Å². The highest BCUT2D eigenvalue weighted by atomic mass is 16.5. The van der Waals surface area contributed by atoms with Crippen molar-refractivity contribution in [2.24, 2.45) is 17.8 Å². The van der Waals surface area contributed by atoms with Gasteiger partial charge in [0, 0.05) is 6.04 Å². The third-order valence-electron chi connectivity index (χ3n) is 4.59. The molecule has 2 saturated carbocycles. The van der Waals surface area contributed by atoms with Crippen molar-refractivity contribution >= 4 is 0 Å². The fraction of sp³-hybridized carbons (Fsp3) is 0.625. The summed E-state index contributed by atoms with van der Waals surface area (Å²) < 4.78 is 5.61. The second-order valence-corrected chi connectivity index (χ2v) is 5.76. The van der Waals surface area contributed by atoms with E-state index in [1.807, 2.05) is 13.0 Å². The number of ether oxygens (including phenoxy) is 1. The third-order valence-corrected chi connectivity index (χ3v) is 4.59. The van der Waals surface area contributed by atoms with Crippen molar-refractivity contribution in [1.82, 2.24) is 5.32 Å². The Balaban J connectivity index is 1.75. The highest BCUT2D eigenvalue weighted by molar-refractivity contribution is 5.31. The lowest BCUT2D eigenvalue weighted by molar-refractivity contribution is 0.334. The smallest absolute Gasteiger partial charge is 0.119 e. The number of rotatable bonds is 5. The molecule has 0 aliphatic heterocycles. The SMILES string of the molecule is CCOc1cccc(C(NC)C2CC3CC3C2)c1. The van der Waals surface area contributed by atoms with Crippen LogP contribution in [-0.4, -0.2) is 13.7 Å². The maximum absolute atomic E-state index is 5.61. The number of fused-ring (bicyclic) bond motifs is 1. The van der Waals surface area contributed by atoms with Gasteiger partial charge >= 0.3 is 0 Å². The van der Waals surface area contributed by atoms with Gasteiger partial charge in [0.2, 0.25) is 0 Å². The molecule has 3 rings (SSSR count). The molecule has 3 atom stereocenters. The summed E-state index contributed by atoms with van der Waals surface area (Å²) in [7, 11) is 2.09. The van der Waals surface area contributed by atoms with E-state index in [0.717, 1.165) is 30.1 Å². The van der Waals surface area contributed by atoms with E-state index in [1.165, 1.54) is 24.8 Å². The molecule has 2 nitrogen and oxygen atoms in total. The molecule has 0 aromatic heterocycles. The Morgan fingerprint density at radius 3 is 2.72 bits per heavy atom. The largest absolute Gasteiger partial charge is 0.494 e. The first-order valence-corrected chi connectivity index (χ1v) is 7.21. The van der Waals surface area contributed by atoms with Crippen LogP contribution in [0.15, 0.2) is 24.3 Å². The average molecular weight is 245 g/mol. The molecule has 1 aromatic rings. The standard InChI is InChI=1S/C16H23NO/c1-3-18-15-6-4-5-11(10-15)16(17-2)14-8-12-7-13(12)9-14/h4-6,10,12-14,16-17H,3,7-9H2,1-2H3. The van der Waals surface area contributed by atoms with Crippen molar-refractivity contribution in [2.75, 3.05) is 13.7 Å². The molecule has 0 spiro atoms. The highest BCUT2D eigenvalue weighted by Crippen LogP contribution is 2.57. The minimum absolute atomic E-state index is 0.498. The predicted octanol–water partition coefficient (Wildman–Crippen LogP) is 3.39. The summed E-state index contributed by atoms with van der Waals surface area (Å²) in [5.41, 5.74) is 1.38. The van der Waals surface area contributed by atoms with Gasteiger partial charge in [0.05, 0.1) is 6.61 Å². The summed E-state index contributed by atoms with van der Waals surface area (Å²) >= 11 is 0. The Bertz CT molecular complexity index is 407. The third kappa shape index (κ3) is 2.26. The molecule has 18 heavy (non-hydrogen) atoms. The molecule has 3 unspecified atom stereocenters. The van der Waals surface area contributed by atoms with Crippen LogP contribution in [0.5, 0.6) is 5.75 Å². The van der Waals surface area contributed by atoms with Crippen molar-refractivity contribution in [2.45, 2.75) is 32.2 Å². The molecule has 2 aliphatic rings. The molecular formula is C16H23NO. The molecular weight excluding hydrogens is 222 g/mol. The van der Waals surface area contributed by atoms with Gasteiger partial charge < -0.3 is 10.1 Å². The summed E-state index contributed by atoms with van der Waals surface area (Å²) in [5, 5.41) is 3.52. The predicted molar refractivity (Wildman–Crippen MR) is 73.7 cm³/mol. The quantitative estimate of drug-likeness (QED) is 0.858. The second kappa shape index (κ2) is 4.93. The van der Waals surface area contributed by atoms with Crippen LogP contribution >= 0.6 is 0 Å². The molecule has 0 bridgehead atoms. The lowest BCUT2D eigenvalue weighted by Crippen LogP contribution is -2.24. The number of nitrogens with one attached hydrogen (secondary N) is 1. The molecule has 2 heteroatoms. The summed E-state index contributed by atoms with van der Waals surface area (Å²) in [5.74, 6) is 3.90. The number of benzene rings is 1. The zero-order chi connectivity index (χ0) is 12.5. The minimum Gasteiger partial charge on any atom is -0.494 e. The van der Waals surface area contributed by atoms with E-state index in [-0.39, 0.29) is 0 Å². The maximum atomic E-state index is 5.61. The van der Waals surface area contributed by atoms with E-state index < -0.39 is 0 Å². The number of hydrogen-bond acceptors (Lipinski definition) is 2. The molecule has 98 valence electrons. The Morgan fingerprint density at radius 1 is 1.28 bits per heavy atom. The Labute approximate surface area is 110 Å². The Kier molecular flexibility index (Phi) is 3.29. The second-order valence-electron chi connectivity index (χ2n) is 5.76. The van der Waals surface area contributed by atoms with Crippen molar-refractivity contribution in [1.29, 1.82) is 0 Å². The molecule has 0 heterocycles. The fourth-order valence-electron chi connectivity index (χ4n) is 3.67. The van der Waals surface area contributed by atoms with Crippen molar-refractivity contribution < 1.29 is 4.74 Å². The molecule has 0 radical (unpaired) electrons. The monoisotopic (exact) mass is 245 g/mol. The Morgan fingerprint density at radius 2 is 2.06 bits per heavy atom. The van der Waals surface area contributed by atoms with E-state index in [9.17, 15) is 0 Å². The van der Waals surface area contributed by atoms with E-state index in [4.69, 9.17) is 4.74 Å². The summed E-state index contributed by atoms with van der Waals surface area (Å²) in [6, 6.07) is 9.09. The Hall–Kier alpha value is -1.02. The molecule has 0 amide bonds. The average Bonchev–Trinajstić information content (AvgIpc) is 2.99. The fourth-order valence-corrected chi connectivity index (χ4v) is 3.67. The molecule has 1 aromatic carbocycles. The van der Waals surface area contributed by atoms with Gasteiger partial charge in [-0.1, -0.05) is 12.1 Å². The normalized spacial score (nSPS) is 30.9. The van der Waals surface area contributed by atoms with Crippen LogP contribution in [0.1, 0.15) is 37.8 Å². The van der Waals surface area contributed by atoms with E-state index in [0.29, 0.717) is 6.04 Å². The maximum Gasteiger partial charge on any atom is 0.119 e. The summed E-state index contributed by atoms with van der Waals surface area (Å²) in [6.45, 7) is 2.77. The lowest BCUT2D eigenvalue weighted by Gasteiger charge is -2.25. The van der Waals surface area contributed by atoms with E-state index in [2.05, 4.69) is 30.6 Å². The van der Waals surface area contributed by atoms with Gasteiger partial charge in [0.1, 0.15) is 5.75 Å². The van der Waals surface area contributed by atoms with E-state index in [1.54, 1.807) is 0 Å². The van der Waals surface area contributed by atoms with Gasteiger partial charge in [-0.25, -0.2) is 0 Å². The van der Waals surface area contributed by atoms with Crippen molar-refractivity contribution in [3.8, 4) is 5.75 Å². The summed E-state index contributed by atoms with van der Waals surface area (Å²) in [6.07, 6.45) is 4.32. The first-order valence-electron chi connectivity index (χ1n) is 7.21. The van der Waals surface area contributed by atoms with Crippen molar-refractivity contribution in [3.05, 3.63) is 29.8 Å². The number of hydrogen-bond donors (Lipinski definition) is 1. The van der Waals surface area contributed by atoms with Crippen LogP contribution in [0.2, 0.25) is 0 Å². The van der Waals surface area contributed by atoms with Gasteiger partial charge in [-0.05, 0) is 68.7 Å². The first kappa shape index (κ1) is 12.0. The topological polar surface area (TPSA) is 21.3 Å². The van der Waals surface area contributed by atoms with Gasteiger partial charge in [0.25, 0.3) is 0 Å². The van der Waals surface area contributed by atoms with Crippen LogP contribution < -0.4 is 10.1 Å². The first-order chi connectivity index (χ1) is 8.81. The lowest BCUT2D eigenvalue weighted by atomic mass is 9.89. The van der Waals surface area contributed by atoms with E-state index >= 15 is 0 Å². The zero-order valence-electron chi connectivity index (χ0n) is 11.4. The molecule has 2 fully saturated rings. The minimum atomic E-state index is 0.498. The zero-order valence-corrected chi connectivity index (χ0v) is 11.4. The highest BCUT2D eigenvalue weighted by Gasteiger charge is 2.47. The van der Waals surface area contributed by atoms with Gasteiger partial charge in [-0.15, -0.1) is 0 Å². The van der Waals surface area contributed by atoms with Crippen LogP contribution in [0, 0.1) is 17.8 Å². The van der Waals surface area contributed by atoms with Crippen LogP contribution in [0.4, 0.5) is 0 Å². The molecule has 2 aliphatic carbocycles. The van der Waals surface area contributed by atoms with Crippen LogP contribution in [0.3, 0.4) is 0 Å². The molecule has 0 saturated heterocycles. The van der Waals surface area contributed by atoms with Crippen LogP contribution in [-0.2, 0) is 0 Å². The van der Waals surface area contributed by atoms with Crippen LogP contribution in [0.25, 0.3) is 0 Å².